The van der Waals surface area contributed by atoms with Gasteiger partial charge in [0.05, 0.1) is 20.3 Å². The van der Waals surface area contributed by atoms with Crippen molar-refractivity contribution < 1.29 is 9.47 Å². The quantitative estimate of drug-likeness (QED) is 0.844. The van der Waals surface area contributed by atoms with Crippen molar-refractivity contribution >= 4 is 17.6 Å². The summed E-state index contributed by atoms with van der Waals surface area (Å²) in [6, 6.07) is 1.61. The number of aryl methyl sites for hydroxylation is 1. The third-order valence-corrected chi connectivity index (χ3v) is 3.60. The molecule has 2 rings (SSSR count). The number of ether oxygens (including phenoxy) is 2. The molecule has 0 saturated carbocycles. The first-order valence-corrected chi connectivity index (χ1v) is 6.30. The van der Waals surface area contributed by atoms with E-state index in [2.05, 4.69) is 15.0 Å². The predicted octanol–water partition coefficient (Wildman–Crippen LogP) is 1.27. The van der Waals surface area contributed by atoms with Crippen LogP contribution in [0.3, 0.4) is 0 Å². The molecular formula is C11H15N5O2S. The molecule has 0 aliphatic heterocycles. The Labute approximate surface area is 115 Å². The summed E-state index contributed by atoms with van der Waals surface area (Å²) in [7, 11) is 4.97. The number of methoxy groups -OCH3 is 2. The lowest BCUT2D eigenvalue weighted by Crippen LogP contribution is -1.99. The monoisotopic (exact) mass is 281 g/mol. The van der Waals surface area contributed by atoms with E-state index in [0.29, 0.717) is 22.7 Å². The Kier molecular flexibility index (Phi) is 3.79. The Hall–Kier alpha value is -1.96. The van der Waals surface area contributed by atoms with E-state index in [1.165, 1.54) is 11.8 Å². The summed E-state index contributed by atoms with van der Waals surface area (Å²) in [4.78, 5) is 12.7. The van der Waals surface area contributed by atoms with Gasteiger partial charge in [-0.3, -0.25) is 0 Å². The standard InChI is InChI=1S/C11H15N5O2S/c1-6-13-9(12)10(16(6)2)19-11-14-7(17-3)5-8(15-11)18-4/h5H,12H2,1-4H3. The van der Waals surface area contributed by atoms with Crippen LogP contribution in [0.1, 0.15) is 5.82 Å². The van der Waals surface area contributed by atoms with Crippen LogP contribution in [0.5, 0.6) is 11.8 Å². The second-order valence-corrected chi connectivity index (χ2v) is 4.70. The minimum absolute atomic E-state index is 0.437. The maximum absolute atomic E-state index is 5.86. The van der Waals surface area contributed by atoms with Gasteiger partial charge in [0.1, 0.15) is 10.9 Å². The second kappa shape index (κ2) is 5.35. The fourth-order valence-corrected chi connectivity index (χ4v) is 2.33. The van der Waals surface area contributed by atoms with Crippen molar-refractivity contribution in [1.82, 2.24) is 19.5 Å². The predicted molar refractivity (Wildman–Crippen MR) is 71.6 cm³/mol. The van der Waals surface area contributed by atoms with Crippen LogP contribution >= 0.6 is 11.8 Å². The molecule has 0 aliphatic rings. The van der Waals surface area contributed by atoms with E-state index in [4.69, 9.17) is 15.2 Å². The van der Waals surface area contributed by atoms with E-state index < -0.39 is 0 Å². The molecule has 0 atom stereocenters. The topological polar surface area (TPSA) is 88.1 Å². The van der Waals surface area contributed by atoms with Crippen molar-refractivity contribution in [3.63, 3.8) is 0 Å². The van der Waals surface area contributed by atoms with E-state index in [9.17, 15) is 0 Å². The summed E-state index contributed by atoms with van der Waals surface area (Å²) in [6.07, 6.45) is 0. The van der Waals surface area contributed by atoms with Crippen LogP contribution in [0.25, 0.3) is 0 Å². The van der Waals surface area contributed by atoms with Gasteiger partial charge in [-0.05, 0) is 18.7 Å². The highest BCUT2D eigenvalue weighted by Gasteiger charge is 2.14. The van der Waals surface area contributed by atoms with Gasteiger partial charge in [-0.2, -0.15) is 9.97 Å². The second-order valence-electron chi connectivity index (χ2n) is 3.75. The molecule has 0 bridgehead atoms. The van der Waals surface area contributed by atoms with E-state index in [1.807, 2.05) is 18.5 Å². The van der Waals surface area contributed by atoms with Gasteiger partial charge in [0, 0.05) is 7.05 Å². The molecule has 2 aromatic heterocycles. The van der Waals surface area contributed by atoms with Crippen LogP contribution in [0, 0.1) is 6.92 Å². The molecule has 2 N–H and O–H groups in total. The lowest BCUT2D eigenvalue weighted by molar-refractivity contribution is 0.364. The molecule has 0 radical (unpaired) electrons. The zero-order valence-corrected chi connectivity index (χ0v) is 12.0. The van der Waals surface area contributed by atoms with Gasteiger partial charge >= 0.3 is 0 Å². The van der Waals surface area contributed by atoms with Crippen molar-refractivity contribution in [3.05, 3.63) is 11.9 Å². The van der Waals surface area contributed by atoms with Gasteiger partial charge in [0.25, 0.3) is 0 Å². The molecule has 0 aliphatic carbocycles. The number of rotatable bonds is 4. The first-order valence-electron chi connectivity index (χ1n) is 5.49. The van der Waals surface area contributed by atoms with Crippen LogP contribution in [0.15, 0.2) is 16.2 Å². The third-order valence-electron chi connectivity index (χ3n) is 2.56. The maximum Gasteiger partial charge on any atom is 0.220 e. The number of nitrogen functional groups attached to an aromatic ring is 1. The minimum Gasteiger partial charge on any atom is -0.481 e. The molecule has 0 aromatic carbocycles. The number of hydrogen-bond donors (Lipinski definition) is 1. The molecule has 8 heteroatoms. The van der Waals surface area contributed by atoms with Gasteiger partial charge < -0.3 is 19.8 Å². The Morgan fingerprint density at radius 1 is 1.16 bits per heavy atom. The molecule has 0 spiro atoms. The minimum atomic E-state index is 0.437. The van der Waals surface area contributed by atoms with E-state index in [0.717, 1.165) is 10.9 Å². The Bertz CT molecular complexity index is 577. The highest BCUT2D eigenvalue weighted by atomic mass is 32.2. The van der Waals surface area contributed by atoms with E-state index in [-0.39, 0.29) is 0 Å². The first-order chi connectivity index (χ1) is 9.05. The van der Waals surface area contributed by atoms with E-state index >= 15 is 0 Å². The summed E-state index contributed by atoms with van der Waals surface area (Å²) in [5.41, 5.74) is 5.86. The summed E-state index contributed by atoms with van der Waals surface area (Å²) in [5, 5.41) is 1.28. The number of nitrogens with zero attached hydrogens (tertiary/aromatic N) is 4. The molecule has 2 aromatic rings. The summed E-state index contributed by atoms with van der Waals surface area (Å²) >= 11 is 1.31. The number of anilines is 1. The van der Waals surface area contributed by atoms with Gasteiger partial charge in [-0.1, -0.05) is 0 Å². The van der Waals surface area contributed by atoms with Crippen molar-refractivity contribution in [3.8, 4) is 11.8 Å². The molecule has 0 fully saturated rings. The fraction of sp³-hybridized carbons (Fsp3) is 0.364. The average molecular weight is 281 g/mol. The van der Waals surface area contributed by atoms with Crippen LogP contribution in [-0.4, -0.2) is 33.7 Å². The van der Waals surface area contributed by atoms with Crippen LogP contribution in [0.4, 0.5) is 5.82 Å². The highest BCUT2D eigenvalue weighted by molar-refractivity contribution is 7.99. The van der Waals surface area contributed by atoms with Crippen LogP contribution < -0.4 is 15.2 Å². The van der Waals surface area contributed by atoms with Gasteiger partial charge in [0.15, 0.2) is 5.82 Å². The van der Waals surface area contributed by atoms with Crippen LogP contribution in [-0.2, 0) is 7.05 Å². The molecule has 0 saturated heterocycles. The SMILES string of the molecule is COc1cc(OC)nc(Sc2c(N)nc(C)n2C)n1. The summed E-state index contributed by atoms with van der Waals surface area (Å²) in [5.74, 6) is 2.16. The lowest BCUT2D eigenvalue weighted by atomic mass is 10.6. The van der Waals surface area contributed by atoms with Crippen molar-refractivity contribution in [2.24, 2.45) is 7.05 Å². The number of aromatic nitrogens is 4. The van der Waals surface area contributed by atoms with Crippen molar-refractivity contribution in [2.45, 2.75) is 17.1 Å². The fourth-order valence-electron chi connectivity index (χ4n) is 1.46. The number of imidazole rings is 1. The Morgan fingerprint density at radius 2 is 1.74 bits per heavy atom. The van der Waals surface area contributed by atoms with Gasteiger partial charge in [0.2, 0.25) is 16.9 Å². The van der Waals surface area contributed by atoms with Gasteiger partial charge in [-0.15, -0.1) is 0 Å². The third kappa shape index (κ3) is 2.73. The Morgan fingerprint density at radius 3 is 2.16 bits per heavy atom. The highest BCUT2D eigenvalue weighted by Crippen LogP contribution is 2.31. The first kappa shape index (κ1) is 13.5. The zero-order chi connectivity index (χ0) is 14.0. The molecular weight excluding hydrogens is 266 g/mol. The van der Waals surface area contributed by atoms with E-state index in [1.54, 1.807) is 20.3 Å². The molecule has 2 heterocycles. The normalized spacial score (nSPS) is 10.5. The summed E-state index contributed by atoms with van der Waals surface area (Å²) < 4.78 is 12.1. The molecule has 0 unspecified atom stereocenters. The van der Waals surface area contributed by atoms with Crippen molar-refractivity contribution in [1.29, 1.82) is 0 Å². The summed E-state index contributed by atoms with van der Waals surface area (Å²) in [6.45, 7) is 1.88. The molecule has 7 nitrogen and oxygen atoms in total. The molecule has 19 heavy (non-hydrogen) atoms. The lowest BCUT2D eigenvalue weighted by Gasteiger charge is -2.07. The van der Waals surface area contributed by atoms with Crippen molar-refractivity contribution in [2.75, 3.05) is 20.0 Å². The molecule has 0 amide bonds. The smallest absolute Gasteiger partial charge is 0.220 e. The largest absolute Gasteiger partial charge is 0.481 e. The number of nitrogens with two attached hydrogens (primary N) is 1. The zero-order valence-electron chi connectivity index (χ0n) is 11.2. The average Bonchev–Trinajstić information content (AvgIpc) is 2.65. The maximum atomic E-state index is 5.86. The van der Waals surface area contributed by atoms with Gasteiger partial charge in [-0.25, -0.2) is 4.98 Å². The van der Waals surface area contributed by atoms with Crippen LogP contribution in [0.2, 0.25) is 0 Å². The number of hydrogen-bond acceptors (Lipinski definition) is 7. The molecule has 102 valence electrons. The Balaban J connectivity index is 2.37.